The van der Waals surface area contributed by atoms with E-state index >= 15 is 0 Å². The molecule has 1 amide bonds. The Morgan fingerprint density at radius 3 is 2.48 bits per heavy atom. The first-order valence-electron chi connectivity index (χ1n) is 9.44. The zero-order valence-corrected chi connectivity index (χ0v) is 15.6. The van der Waals surface area contributed by atoms with Crippen LogP contribution < -0.4 is 5.32 Å². The molecule has 4 nitrogen and oxygen atoms in total. The molecular formula is C22H20F3NO3. The molecule has 0 fully saturated rings. The number of alkyl halides is 3. The Morgan fingerprint density at radius 2 is 1.83 bits per heavy atom. The van der Waals surface area contributed by atoms with Crippen LogP contribution in [0.25, 0.3) is 11.0 Å². The van der Waals surface area contributed by atoms with E-state index in [2.05, 4.69) is 11.4 Å². The summed E-state index contributed by atoms with van der Waals surface area (Å²) < 4.78 is 43.7. The summed E-state index contributed by atoms with van der Waals surface area (Å²) in [4.78, 5) is 12.5. The molecular weight excluding hydrogens is 383 g/mol. The van der Waals surface area contributed by atoms with Crippen molar-refractivity contribution in [3.05, 3.63) is 70.5 Å². The fourth-order valence-corrected chi connectivity index (χ4v) is 3.84. The van der Waals surface area contributed by atoms with Crippen molar-refractivity contribution in [1.29, 1.82) is 0 Å². The summed E-state index contributed by atoms with van der Waals surface area (Å²) in [7, 11) is 0. The highest BCUT2D eigenvalue weighted by atomic mass is 19.4. The lowest BCUT2D eigenvalue weighted by atomic mass is 10.0. The number of nitrogens with one attached hydrogen (secondary N) is 1. The molecule has 29 heavy (non-hydrogen) atoms. The van der Waals surface area contributed by atoms with E-state index < -0.39 is 24.4 Å². The molecule has 0 radical (unpaired) electrons. The maximum atomic E-state index is 12.7. The normalized spacial score (nSPS) is 14.8. The van der Waals surface area contributed by atoms with Crippen molar-refractivity contribution >= 4 is 16.9 Å². The van der Waals surface area contributed by atoms with Gasteiger partial charge >= 0.3 is 6.18 Å². The smallest absolute Gasteiger partial charge is 0.416 e. The minimum absolute atomic E-state index is 0.0585. The fraction of sp³-hybridized carbons (Fsp3) is 0.318. The predicted molar refractivity (Wildman–Crippen MR) is 101 cm³/mol. The molecule has 1 atom stereocenters. The van der Waals surface area contributed by atoms with Gasteiger partial charge in [0, 0.05) is 10.9 Å². The molecule has 1 aromatic heterocycles. The lowest BCUT2D eigenvalue weighted by Crippen LogP contribution is -2.32. The van der Waals surface area contributed by atoms with Gasteiger partial charge in [-0.2, -0.15) is 13.2 Å². The fourth-order valence-electron chi connectivity index (χ4n) is 3.84. The number of aliphatic hydroxyl groups excluding tert-OH is 1. The number of rotatable bonds is 5. The van der Waals surface area contributed by atoms with E-state index in [0.717, 1.165) is 47.9 Å². The third-order valence-electron chi connectivity index (χ3n) is 5.38. The number of carbonyl (C=O) groups excluding carboxylic acids is 1. The summed E-state index contributed by atoms with van der Waals surface area (Å²) in [6, 6.07) is 7.72. The number of amides is 1. The van der Waals surface area contributed by atoms with Gasteiger partial charge in [0.05, 0.1) is 30.9 Å². The van der Waals surface area contributed by atoms with Crippen molar-refractivity contribution in [1.82, 2.24) is 5.32 Å². The second-order valence-corrected chi connectivity index (χ2v) is 7.33. The predicted octanol–water partition coefficient (Wildman–Crippen LogP) is 4.33. The molecule has 3 aromatic rings. The highest BCUT2D eigenvalue weighted by Crippen LogP contribution is 2.31. The topological polar surface area (TPSA) is 62.5 Å². The SMILES string of the molecule is O=C(Cc1coc2cc3c(cc12)CCC3)NC(CO)c1ccc(C(F)(F)F)cc1. The largest absolute Gasteiger partial charge is 0.464 e. The molecule has 1 heterocycles. The maximum absolute atomic E-state index is 12.7. The first-order chi connectivity index (χ1) is 13.8. The first-order valence-corrected chi connectivity index (χ1v) is 9.44. The van der Waals surface area contributed by atoms with Gasteiger partial charge in [-0.1, -0.05) is 12.1 Å². The van der Waals surface area contributed by atoms with Crippen LogP contribution in [0.5, 0.6) is 0 Å². The standard InChI is InChI=1S/C22H20F3NO3/c23-22(24,25)17-6-4-13(5-7-17)19(11-27)26-21(28)10-16-12-29-20-9-15-3-1-2-14(15)8-18(16)20/h4-9,12,19,27H,1-3,10-11H2,(H,26,28). The van der Waals surface area contributed by atoms with E-state index in [1.807, 2.05) is 6.07 Å². The zero-order valence-electron chi connectivity index (χ0n) is 15.6. The zero-order chi connectivity index (χ0) is 20.6. The van der Waals surface area contributed by atoms with Crippen molar-refractivity contribution in [2.24, 2.45) is 0 Å². The summed E-state index contributed by atoms with van der Waals surface area (Å²) in [5, 5.41) is 13.2. The molecule has 0 bridgehead atoms. The van der Waals surface area contributed by atoms with Crippen LogP contribution in [0.3, 0.4) is 0 Å². The van der Waals surface area contributed by atoms with Crippen molar-refractivity contribution < 1.29 is 27.5 Å². The molecule has 2 aromatic carbocycles. The van der Waals surface area contributed by atoms with E-state index in [1.165, 1.54) is 23.3 Å². The van der Waals surface area contributed by atoms with Gasteiger partial charge in [0.15, 0.2) is 0 Å². The Bertz CT molecular complexity index is 1040. The van der Waals surface area contributed by atoms with Crippen LogP contribution in [0.15, 0.2) is 47.1 Å². The number of carbonyl (C=O) groups is 1. The highest BCUT2D eigenvalue weighted by Gasteiger charge is 2.30. The van der Waals surface area contributed by atoms with E-state index in [0.29, 0.717) is 5.56 Å². The lowest BCUT2D eigenvalue weighted by molar-refractivity contribution is -0.137. The Morgan fingerprint density at radius 1 is 1.14 bits per heavy atom. The van der Waals surface area contributed by atoms with E-state index in [9.17, 15) is 23.1 Å². The molecule has 1 aliphatic rings. The second kappa shape index (κ2) is 7.55. The third-order valence-corrected chi connectivity index (χ3v) is 5.38. The first kappa shape index (κ1) is 19.5. The van der Waals surface area contributed by atoms with Gasteiger partial charge in [0.2, 0.25) is 5.91 Å². The number of furan rings is 1. The molecule has 7 heteroatoms. The van der Waals surface area contributed by atoms with Gasteiger partial charge in [-0.15, -0.1) is 0 Å². The lowest BCUT2D eigenvalue weighted by Gasteiger charge is -2.17. The van der Waals surface area contributed by atoms with Crippen LogP contribution >= 0.6 is 0 Å². The average Bonchev–Trinajstić information content (AvgIpc) is 3.30. The minimum atomic E-state index is -4.43. The summed E-state index contributed by atoms with van der Waals surface area (Å²) in [6.07, 6.45) is 0.353. The summed E-state index contributed by atoms with van der Waals surface area (Å²) in [5.41, 5.74) is 3.68. The summed E-state index contributed by atoms with van der Waals surface area (Å²) in [5.74, 6) is -0.341. The molecule has 0 saturated heterocycles. The number of halogens is 3. The van der Waals surface area contributed by atoms with Crippen LogP contribution in [0, 0.1) is 0 Å². The van der Waals surface area contributed by atoms with Gasteiger partial charge in [-0.25, -0.2) is 0 Å². The molecule has 1 aliphatic carbocycles. The number of aliphatic hydroxyl groups is 1. The van der Waals surface area contributed by atoms with Gasteiger partial charge in [0.1, 0.15) is 5.58 Å². The Kier molecular flexibility index (Phi) is 5.08. The number of benzene rings is 2. The molecule has 0 aliphatic heterocycles. The molecule has 1 unspecified atom stereocenters. The summed E-state index contributed by atoms with van der Waals surface area (Å²) >= 11 is 0. The van der Waals surface area contributed by atoms with Crippen LogP contribution in [-0.2, 0) is 30.2 Å². The Balaban J connectivity index is 1.48. The van der Waals surface area contributed by atoms with Crippen molar-refractivity contribution in [3.8, 4) is 0 Å². The molecule has 4 rings (SSSR count). The van der Waals surface area contributed by atoms with E-state index in [4.69, 9.17) is 4.42 Å². The third kappa shape index (κ3) is 4.00. The van der Waals surface area contributed by atoms with Crippen LogP contribution in [0.2, 0.25) is 0 Å². The number of hydrogen-bond acceptors (Lipinski definition) is 3. The highest BCUT2D eigenvalue weighted by molar-refractivity contribution is 5.88. The quantitative estimate of drug-likeness (QED) is 0.667. The van der Waals surface area contributed by atoms with E-state index in [1.54, 1.807) is 6.26 Å². The number of fused-ring (bicyclic) bond motifs is 2. The van der Waals surface area contributed by atoms with Gasteiger partial charge < -0.3 is 14.8 Å². The Hall–Kier alpha value is -2.80. The molecule has 0 saturated carbocycles. The molecule has 152 valence electrons. The molecule has 0 spiro atoms. The maximum Gasteiger partial charge on any atom is 0.416 e. The number of aryl methyl sites for hydroxylation is 2. The van der Waals surface area contributed by atoms with Crippen molar-refractivity contribution in [3.63, 3.8) is 0 Å². The number of hydrogen-bond donors (Lipinski definition) is 2. The van der Waals surface area contributed by atoms with Crippen molar-refractivity contribution in [2.75, 3.05) is 6.61 Å². The monoisotopic (exact) mass is 403 g/mol. The van der Waals surface area contributed by atoms with Crippen LogP contribution in [-0.4, -0.2) is 17.6 Å². The Labute approximate surface area is 165 Å². The minimum Gasteiger partial charge on any atom is -0.464 e. The summed E-state index contributed by atoms with van der Waals surface area (Å²) in [6.45, 7) is -0.420. The molecule has 2 N–H and O–H groups in total. The van der Waals surface area contributed by atoms with Crippen molar-refractivity contribution in [2.45, 2.75) is 37.9 Å². The van der Waals surface area contributed by atoms with Gasteiger partial charge in [-0.3, -0.25) is 4.79 Å². The van der Waals surface area contributed by atoms with Gasteiger partial charge in [0.25, 0.3) is 0 Å². The van der Waals surface area contributed by atoms with E-state index in [-0.39, 0.29) is 12.3 Å². The average molecular weight is 403 g/mol. The second-order valence-electron chi connectivity index (χ2n) is 7.33. The van der Waals surface area contributed by atoms with Gasteiger partial charge in [-0.05, 0) is 60.2 Å². The van der Waals surface area contributed by atoms with Crippen LogP contribution in [0.4, 0.5) is 13.2 Å². The van der Waals surface area contributed by atoms with Crippen LogP contribution in [0.1, 0.15) is 40.3 Å².